The van der Waals surface area contributed by atoms with Crippen LogP contribution < -0.4 is 9.80 Å². The molecule has 6 heteroatoms. The maximum absolute atomic E-state index is 12.7. The van der Waals surface area contributed by atoms with Crippen LogP contribution in [0.1, 0.15) is 29.3 Å². The van der Waals surface area contributed by atoms with Gasteiger partial charge < -0.3 is 14.5 Å². The minimum atomic E-state index is -0.548. The first-order valence-corrected chi connectivity index (χ1v) is 8.68. The smallest absolute Gasteiger partial charge is 0.342 e. The van der Waals surface area contributed by atoms with Crippen molar-refractivity contribution in [3.05, 3.63) is 53.7 Å². The van der Waals surface area contributed by atoms with Crippen molar-refractivity contribution < 1.29 is 14.3 Å². The molecular formula is C20H23N3O3. The van der Waals surface area contributed by atoms with Crippen LogP contribution in [-0.4, -0.2) is 43.6 Å². The summed E-state index contributed by atoms with van der Waals surface area (Å²) in [5, 5.41) is 0. The molecule has 26 heavy (non-hydrogen) atoms. The minimum absolute atomic E-state index is 0.0758. The number of nitrogens with zero attached hydrogens (tertiary/aromatic N) is 3. The molecule has 0 aliphatic carbocycles. The molecule has 0 saturated heterocycles. The lowest BCUT2D eigenvalue weighted by molar-refractivity contribution is -0.122. The number of hydrogen-bond acceptors (Lipinski definition) is 5. The number of hydrogen-bond donors (Lipinski definition) is 0. The van der Waals surface area contributed by atoms with E-state index in [0.717, 1.165) is 24.1 Å². The molecule has 6 nitrogen and oxygen atoms in total. The molecule has 1 aromatic carbocycles. The molecule has 0 N–H and O–H groups in total. The van der Waals surface area contributed by atoms with Crippen LogP contribution in [0.3, 0.4) is 0 Å². The Kier molecular flexibility index (Phi) is 5.21. The lowest BCUT2D eigenvalue weighted by Crippen LogP contribution is -2.44. The molecule has 1 aliphatic rings. The van der Waals surface area contributed by atoms with Crippen LogP contribution in [0, 0.1) is 0 Å². The number of fused-ring (bicyclic) bond motifs is 1. The largest absolute Gasteiger partial charge is 0.452 e. The van der Waals surface area contributed by atoms with Gasteiger partial charge in [0.25, 0.3) is 5.91 Å². The molecule has 0 fully saturated rings. The van der Waals surface area contributed by atoms with Crippen molar-refractivity contribution in [2.45, 2.75) is 25.8 Å². The molecule has 1 aromatic heterocycles. The zero-order chi connectivity index (χ0) is 18.7. The standard InChI is InChI=1S/C20H23N3O3/c1-14-10-11-15-7-4-5-9-17(15)23(14)18(24)13-26-20(25)16-8-6-12-21-19(16)22(2)3/h4-9,12,14H,10-11,13H2,1-3H3. The lowest BCUT2D eigenvalue weighted by atomic mass is 9.96. The Bertz CT molecular complexity index is 819. The number of para-hydroxylation sites is 1. The Hall–Kier alpha value is -2.89. The molecular weight excluding hydrogens is 330 g/mol. The topological polar surface area (TPSA) is 62.7 Å². The van der Waals surface area contributed by atoms with Crippen LogP contribution in [0.5, 0.6) is 0 Å². The van der Waals surface area contributed by atoms with E-state index in [9.17, 15) is 9.59 Å². The number of esters is 1. The fourth-order valence-electron chi connectivity index (χ4n) is 3.26. The number of benzene rings is 1. The summed E-state index contributed by atoms with van der Waals surface area (Å²) in [6.07, 6.45) is 3.45. The number of carbonyl (C=O) groups excluding carboxylic acids is 2. The molecule has 0 saturated carbocycles. The van der Waals surface area contributed by atoms with E-state index in [1.165, 1.54) is 0 Å². The Morgan fingerprint density at radius 2 is 2.00 bits per heavy atom. The van der Waals surface area contributed by atoms with Crippen molar-refractivity contribution in [2.75, 3.05) is 30.5 Å². The second-order valence-electron chi connectivity index (χ2n) is 6.63. The third kappa shape index (κ3) is 3.54. The van der Waals surface area contributed by atoms with Gasteiger partial charge in [-0.05, 0) is 43.5 Å². The molecule has 1 aliphatic heterocycles. The van der Waals surface area contributed by atoms with Gasteiger partial charge in [-0.1, -0.05) is 18.2 Å². The number of amides is 1. The highest BCUT2D eigenvalue weighted by atomic mass is 16.5. The summed E-state index contributed by atoms with van der Waals surface area (Å²) in [6, 6.07) is 11.3. The molecule has 1 unspecified atom stereocenters. The predicted molar refractivity (Wildman–Crippen MR) is 101 cm³/mol. The van der Waals surface area contributed by atoms with Crippen LogP contribution in [0.25, 0.3) is 0 Å². The van der Waals surface area contributed by atoms with Crippen molar-refractivity contribution in [1.82, 2.24) is 4.98 Å². The molecule has 136 valence electrons. The predicted octanol–water partition coefficient (Wildman–Crippen LogP) is 2.67. The number of pyridine rings is 1. The fraction of sp³-hybridized carbons (Fsp3) is 0.350. The number of carbonyl (C=O) groups is 2. The zero-order valence-corrected chi connectivity index (χ0v) is 15.3. The van der Waals surface area contributed by atoms with E-state index in [-0.39, 0.29) is 18.6 Å². The maximum atomic E-state index is 12.7. The van der Waals surface area contributed by atoms with Gasteiger partial charge in [0.1, 0.15) is 11.4 Å². The van der Waals surface area contributed by atoms with Crippen LogP contribution >= 0.6 is 0 Å². The van der Waals surface area contributed by atoms with Gasteiger partial charge in [0.15, 0.2) is 6.61 Å². The normalized spacial score (nSPS) is 16.0. The van der Waals surface area contributed by atoms with E-state index in [1.807, 2.05) is 31.2 Å². The maximum Gasteiger partial charge on any atom is 0.342 e. The van der Waals surface area contributed by atoms with E-state index in [1.54, 1.807) is 42.2 Å². The van der Waals surface area contributed by atoms with Gasteiger partial charge in [-0.25, -0.2) is 9.78 Å². The van der Waals surface area contributed by atoms with Gasteiger partial charge in [0.05, 0.1) is 0 Å². The van der Waals surface area contributed by atoms with E-state index in [0.29, 0.717) is 11.4 Å². The second-order valence-corrected chi connectivity index (χ2v) is 6.63. The monoisotopic (exact) mass is 353 g/mol. The molecule has 0 radical (unpaired) electrons. The van der Waals surface area contributed by atoms with Gasteiger partial charge >= 0.3 is 5.97 Å². The van der Waals surface area contributed by atoms with Crippen LogP contribution in [0.4, 0.5) is 11.5 Å². The quantitative estimate of drug-likeness (QED) is 0.791. The highest BCUT2D eigenvalue weighted by molar-refractivity contribution is 5.99. The van der Waals surface area contributed by atoms with Crippen LogP contribution in [0.15, 0.2) is 42.6 Å². The summed E-state index contributed by atoms with van der Waals surface area (Å²) < 4.78 is 5.30. The third-order valence-electron chi connectivity index (χ3n) is 4.55. The Labute approximate surface area is 153 Å². The molecule has 2 aromatic rings. The summed E-state index contributed by atoms with van der Waals surface area (Å²) in [6.45, 7) is 1.72. The minimum Gasteiger partial charge on any atom is -0.452 e. The van der Waals surface area contributed by atoms with Gasteiger partial charge in [0, 0.05) is 32.0 Å². The van der Waals surface area contributed by atoms with Crippen molar-refractivity contribution in [3.8, 4) is 0 Å². The first-order valence-electron chi connectivity index (χ1n) is 8.68. The van der Waals surface area contributed by atoms with Gasteiger partial charge in [-0.2, -0.15) is 0 Å². The van der Waals surface area contributed by atoms with Crippen LogP contribution in [0.2, 0.25) is 0 Å². The van der Waals surface area contributed by atoms with E-state index in [2.05, 4.69) is 4.98 Å². The van der Waals surface area contributed by atoms with Crippen molar-refractivity contribution in [1.29, 1.82) is 0 Å². The van der Waals surface area contributed by atoms with Crippen molar-refractivity contribution in [2.24, 2.45) is 0 Å². The molecule has 0 spiro atoms. The Morgan fingerprint density at radius 1 is 1.23 bits per heavy atom. The average Bonchev–Trinajstić information content (AvgIpc) is 2.65. The molecule has 1 amide bonds. The van der Waals surface area contributed by atoms with E-state index >= 15 is 0 Å². The Morgan fingerprint density at radius 3 is 2.77 bits per heavy atom. The number of rotatable bonds is 4. The zero-order valence-electron chi connectivity index (χ0n) is 15.3. The first-order chi connectivity index (χ1) is 12.5. The highest BCUT2D eigenvalue weighted by Crippen LogP contribution is 2.30. The number of ether oxygens (including phenoxy) is 1. The Balaban J connectivity index is 1.73. The van der Waals surface area contributed by atoms with Gasteiger partial charge in [0.2, 0.25) is 0 Å². The molecule has 2 heterocycles. The summed E-state index contributed by atoms with van der Waals surface area (Å²) in [5.74, 6) is -0.247. The van der Waals surface area contributed by atoms with E-state index < -0.39 is 5.97 Å². The molecule has 1 atom stereocenters. The number of anilines is 2. The van der Waals surface area contributed by atoms with E-state index in [4.69, 9.17) is 4.74 Å². The highest BCUT2D eigenvalue weighted by Gasteiger charge is 2.29. The van der Waals surface area contributed by atoms with Gasteiger partial charge in [-0.15, -0.1) is 0 Å². The summed E-state index contributed by atoms with van der Waals surface area (Å²) >= 11 is 0. The number of aromatic nitrogens is 1. The molecule has 0 bridgehead atoms. The SMILES string of the molecule is CC1CCc2ccccc2N1C(=O)COC(=O)c1cccnc1N(C)C. The fourth-order valence-corrected chi connectivity index (χ4v) is 3.26. The third-order valence-corrected chi connectivity index (χ3v) is 4.55. The number of aryl methyl sites for hydroxylation is 1. The van der Waals surface area contributed by atoms with Gasteiger partial charge in [-0.3, -0.25) is 4.79 Å². The average molecular weight is 353 g/mol. The first kappa shape index (κ1) is 17.9. The molecule has 3 rings (SSSR count). The van der Waals surface area contributed by atoms with Crippen molar-refractivity contribution in [3.63, 3.8) is 0 Å². The van der Waals surface area contributed by atoms with Crippen LogP contribution in [-0.2, 0) is 16.0 Å². The van der Waals surface area contributed by atoms with Crippen molar-refractivity contribution >= 4 is 23.4 Å². The summed E-state index contributed by atoms with van der Waals surface area (Å²) in [4.78, 5) is 32.8. The second kappa shape index (κ2) is 7.56. The summed E-state index contributed by atoms with van der Waals surface area (Å²) in [7, 11) is 3.60. The summed E-state index contributed by atoms with van der Waals surface area (Å²) in [5.41, 5.74) is 2.40. The lowest BCUT2D eigenvalue weighted by Gasteiger charge is -2.35.